The quantitative estimate of drug-likeness (QED) is 0.694. The van der Waals surface area contributed by atoms with Crippen LogP contribution >= 0.6 is 0 Å². The second kappa shape index (κ2) is 6.46. The molecule has 2 heterocycles. The summed E-state index contributed by atoms with van der Waals surface area (Å²) >= 11 is 0. The van der Waals surface area contributed by atoms with Crippen LogP contribution in [0.5, 0.6) is 0 Å². The van der Waals surface area contributed by atoms with Gasteiger partial charge in [0.15, 0.2) is 0 Å². The average molecular weight is 398 g/mol. The molecule has 146 valence electrons. The first-order chi connectivity index (χ1) is 13.2. The molecule has 7 heteroatoms. The van der Waals surface area contributed by atoms with Gasteiger partial charge in [-0.1, -0.05) is 18.2 Å². The number of aromatic nitrogens is 1. The number of anilines is 1. The van der Waals surface area contributed by atoms with Crippen LogP contribution in [0.2, 0.25) is 0 Å². The third-order valence-corrected chi connectivity index (χ3v) is 6.85. The number of benzene rings is 2. The van der Waals surface area contributed by atoms with E-state index in [0.29, 0.717) is 6.42 Å². The minimum atomic E-state index is -3.72. The molecule has 0 fully saturated rings. The number of rotatable bonds is 5. The first kappa shape index (κ1) is 18.7. The van der Waals surface area contributed by atoms with Gasteiger partial charge in [-0.15, -0.1) is 0 Å². The molecule has 3 aromatic rings. The number of hydrogen-bond donors (Lipinski definition) is 2. The highest BCUT2D eigenvalue weighted by Gasteiger charge is 2.30. The molecule has 2 aromatic carbocycles. The van der Waals surface area contributed by atoms with Crippen LogP contribution < -0.4 is 9.62 Å². The number of aromatic amines is 1. The van der Waals surface area contributed by atoms with Crippen LogP contribution in [-0.2, 0) is 27.7 Å². The van der Waals surface area contributed by atoms with Crippen LogP contribution in [0.4, 0.5) is 5.69 Å². The predicted molar refractivity (Wildman–Crippen MR) is 110 cm³/mol. The molecule has 2 N–H and O–H groups in total. The predicted octanol–water partition coefficient (Wildman–Crippen LogP) is 2.99. The van der Waals surface area contributed by atoms with Gasteiger partial charge in [-0.3, -0.25) is 4.79 Å². The van der Waals surface area contributed by atoms with Gasteiger partial charge in [-0.05, 0) is 55.7 Å². The summed E-state index contributed by atoms with van der Waals surface area (Å²) in [5, 5.41) is 1.09. The van der Waals surface area contributed by atoms with E-state index in [9.17, 15) is 13.2 Å². The van der Waals surface area contributed by atoms with Gasteiger partial charge >= 0.3 is 0 Å². The Bertz CT molecular complexity index is 1180. The van der Waals surface area contributed by atoms with Crippen LogP contribution in [-0.4, -0.2) is 31.9 Å². The van der Waals surface area contributed by atoms with Crippen molar-refractivity contribution in [1.82, 2.24) is 9.71 Å². The van der Waals surface area contributed by atoms with Crippen LogP contribution in [0, 0.1) is 0 Å². The summed E-state index contributed by atoms with van der Waals surface area (Å²) in [4.78, 5) is 16.8. The summed E-state index contributed by atoms with van der Waals surface area (Å²) in [6.07, 6.45) is 2.70. The minimum Gasteiger partial charge on any atom is -0.361 e. The minimum absolute atomic E-state index is 0.0304. The third kappa shape index (κ3) is 3.31. The van der Waals surface area contributed by atoms with E-state index in [-0.39, 0.29) is 17.2 Å². The molecular weight excluding hydrogens is 374 g/mol. The number of fused-ring (bicyclic) bond motifs is 2. The number of hydrogen-bond acceptors (Lipinski definition) is 3. The van der Waals surface area contributed by atoms with Gasteiger partial charge < -0.3 is 9.88 Å². The van der Waals surface area contributed by atoms with E-state index in [1.165, 1.54) is 0 Å². The Hall–Kier alpha value is -2.64. The van der Waals surface area contributed by atoms with Gasteiger partial charge in [0.1, 0.15) is 0 Å². The highest BCUT2D eigenvalue weighted by molar-refractivity contribution is 7.89. The van der Waals surface area contributed by atoms with E-state index in [1.807, 2.05) is 44.3 Å². The molecule has 1 aromatic heterocycles. The van der Waals surface area contributed by atoms with Crippen LogP contribution in [0.25, 0.3) is 10.9 Å². The lowest BCUT2D eigenvalue weighted by Crippen LogP contribution is -2.45. The molecule has 0 spiro atoms. The topological polar surface area (TPSA) is 82.3 Å². The van der Waals surface area contributed by atoms with Crippen molar-refractivity contribution in [2.75, 3.05) is 11.9 Å². The molecule has 0 bridgehead atoms. The molecule has 0 atom stereocenters. The van der Waals surface area contributed by atoms with Crippen molar-refractivity contribution in [3.63, 3.8) is 0 Å². The Morgan fingerprint density at radius 3 is 2.71 bits per heavy atom. The third-order valence-electron chi connectivity index (χ3n) is 5.16. The van der Waals surface area contributed by atoms with Crippen molar-refractivity contribution < 1.29 is 13.2 Å². The van der Waals surface area contributed by atoms with Gasteiger partial charge in [0.2, 0.25) is 15.9 Å². The lowest BCUT2D eigenvalue weighted by atomic mass is 9.96. The van der Waals surface area contributed by atoms with Crippen LogP contribution in [0.1, 0.15) is 25.0 Å². The summed E-state index contributed by atoms with van der Waals surface area (Å²) in [5.41, 5.74) is 2.91. The first-order valence-electron chi connectivity index (χ1n) is 9.15. The summed E-state index contributed by atoms with van der Waals surface area (Å²) in [6, 6.07) is 12.8. The fourth-order valence-corrected chi connectivity index (χ4v) is 5.29. The highest BCUT2D eigenvalue weighted by atomic mass is 32.2. The Morgan fingerprint density at radius 1 is 1.18 bits per heavy atom. The van der Waals surface area contributed by atoms with E-state index in [4.69, 9.17) is 0 Å². The number of likely N-dealkylation sites (N-methyl/N-ethyl adjacent to an activating group) is 1. The monoisotopic (exact) mass is 397 g/mol. The molecule has 0 radical (unpaired) electrons. The van der Waals surface area contributed by atoms with Crippen molar-refractivity contribution in [3.8, 4) is 0 Å². The average Bonchev–Trinajstić information content (AvgIpc) is 3.15. The Morgan fingerprint density at radius 2 is 1.93 bits per heavy atom. The molecule has 28 heavy (non-hydrogen) atoms. The number of carbonyl (C=O) groups excluding carboxylic acids is 1. The normalized spacial score (nSPS) is 14.7. The van der Waals surface area contributed by atoms with Gasteiger partial charge in [-0.25, -0.2) is 13.1 Å². The molecule has 6 nitrogen and oxygen atoms in total. The number of sulfonamides is 1. The fourth-order valence-electron chi connectivity index (χ4n) is 3.83. The van der Waals surface area contributed by atoms with E-state index in [1.54, 1.807) is 30.1 Å². The first-order valence-corrected chi connectivity index (χ1v) is 10.6. The lowest BCUT2D eigenvalue weighted by Gasteiger charge is -2.26. The van der Waals surface area contributed by atoms with Gasteiger partial charge in [-0.2, -0.15) is 0 Å². The standard InChI is InChI=1S/C21H23N3O3S/c1-21(2,12-15-13-22-18-7-5-4-6-17(15)18)23-28(26,27)16-8-9-19-14(10-16)11-20(25)24(19)3/h4-10,13,22-23H,11-12H2,1-3H3. The maximum absolute atomic E-state index is 13.0. The SMILES string of the molecule is CN1C(=O)Cc2cc(S(=O)(=O)NC(C)(C)Cc3c[nH]c4ccccc34)ccc21. The fraction of sp³-hybridized carbons (Fsp3) is 0.286. The maximum Gasteiger partial charge on any atom is 0.241 e. The molecular formula is C21H23N3O3S. The largest absolute Gasteiger partial charge is 0.361 e. The molecule has 1 amide bonds. The summed E-state index contributed by atoms with van der Waals surface area (Å²) in [5.74, 6) is -0.0304. The number of amides is 1. The molecule has 0 saturated heterocycles. The van der Waals surface area contributed by atoms with E-state index >= 15 is 0 Å². The summed E-state index contributed by atoms with van der Waals surface area (Å²) in [7, 11) is -2.02. The number of carbonyl (C=O) groups is 1. The van der Waals surface area contributed by atoms with E-state index in [0.717, 1.165) is 27.7 Å². The highest BCUT2D eigenvalue weighted by Crippen LogP contribution is 2.30. The van der Waals surface area contributed by atoms with Crippen molar-refractivity contribution in [3.05, 3.63) is 59.8 Å². The van der Waals surface area contributed by atoms with E-state index in [2.05, 4.69) is 9.71 Å². The molecule has 0 aliphatic carbocycles. The zero-order chi connectivity index (χ0) is 20.1. The van der Waals surface area contributed by atoms with Crippen molar-refractivity contribution in [2.45, 2.75) is 37.1 Å². The molecule has 1 aliphatic rings. The molecule has 0 unspecified atom stereocenters. The molecule has 0 saturated carbocycles. The maximum atomic E-state index is 13.0. The smallest absolute Gasteiger partial charge is 0.241 e. The number of H-pyrrole nitrogens is 1. The number of nitrogens with one attached hydrogen (secondary N) is 2. The Labute approximate surface area is 164 Å². The summed E-state index contributed by atoms with van der Waals surface area (Å²) in [6.45, 7) is 3.74. The molecule has 1 aliphatic heterocycles. The van der Waals surface area contributed by atoms with Crippen molar-refractivity contribution in [2.24, 2.45) is 0 Å². The lowest BCUT2D eigenvalue weighted by molar-refractivity contribution is -0.117. The van der Waals surface area contributed by atoms with Crippen molar-refractivity contribution >= 4 is 32.5 Å². The van der Waals surface area contributed by atoms with Gasteiger partial charge in [0.25, 0.3) is 0 Å². The van der Waals surface area contributed by atoms with Gasteiger partial charge in [0.05, 0.1) is 11.3 Å². The van der Waals surface area contributed by atoms with Crippen molar-refractivity contribution in [1.29, 1.82) is 0 Å². The molecule has 4 rings (SSSR count). The summed E-state index contributed by atoms with van der Waals surface area (Å²) < 4.78 is 28.8. The van der Waals surface area contributed by atoms with Crippen LogP contribution in [0.15, 0.2) is 53.6 Å². The van der Waals surface area contributed by atoms with Crippen LogP contribution in [0.3, 0.4) is 0 Å². The second-order valence-electron chi connectivity index (χ2n) is 7.95. The Kier molecular flexibility index (Phi) is 4.32. The zero-order valence-electron chi connectivity index (χ0n) is 16.1. The zero-order valence-corrected chi connectivity index (χ0v) is 16.9. The number of nitrogens with zero attached hydrogens (tertiary/aromatic N) is 1. The second-order valence-corrected chi connectivity index (χ2v) is 9.63. The Balaban J connectivity index is 1.59. The number of para-hydroxylation sites is 1. The van der Waals surface area contributed by atoms with Gasteiger partial charge in [0, 0.05) is 35.4 Å². The van der Waals surface area contributed by atoms with E-state index < -0.39 is 15.6 Å².